The largest absolute Gasteiger partial charge is 0.466 e. The minimum Gasteiger partial charge on any atom is -0.466 e. The van der Waals surface area contributed by atoms with E-state index >= 15 is 0 Å². The molecule has 5 atom stereocenters. The Balaban J connectivity index is 0.000000259. The highest BCUT2D eigenvalue weighted by atomic mass is 32.1. The standard InChI is InChI=1S/C26H40N2O7.C12H8N2OS/c1-5-34-23(32)26-14-17(26)11-9-7-6-8-10-12-19(27-24(33)35-25(2,3)4)22(31)28-16-18(29)13-20(28)21(30)15-26;15-12-11(10-6-3-7-16-10)13-8-4-1-2-5-9(8)14-12/h9,11,17-20,29H,5-8,10,12-16H2,1-4H3,(H,27,33);1-7H,(H,14,15)/b11-9-;/t17-,18+,19-,20+,26-;/m1./s1. The van der Waals surface area contributed by atoms with E-state index in [2.05, 4.69) is 21.4 Å². The predicted molar refractivity (Wildman–Crippen MR) is 194 cm³/mol. The van der Waals surface area contributed by atoms with Gasteiger partial charge in [0.15, 0.2) is 5.78 Å². The summed E-state index contributed by atoms with van der Waals surface area (Å²) in [7, 11) is 0. The monoisotopic (exact) mass is 720 g/mol. The van der Waals surface area contributed by atoms with Gasteiger partial charge in [0.25, 0.3) is 5.56 Å². The van der Waals surface area contributed by atoms with Crippen LogP contribution >= 0.6 is 11.3 Å². The number of rotatable bonds is 4. The Morgan fingerprint density at radius 1 is 1.12 bits per heavy atom. The highest BCUT2D eigenvalue weighted by molar-refractivity contribution is 7.13. The van der Waals surface area contributed by atoms with E-state index in [0.717, 1.165) is 35.2 Å². The molecule has 2 amide bonds. The summed E-state index contributed by atoms with van der Waals surface area (Å²) in [5.41, 5.74) is 0.317. The van der Waals surface area contributed by atoms with Crippen molar-refractivity contribution in [2.24, 2.45) is 11.3 Å². The first-order valence-corrected chi connectivity index (χ1v) is 18.6. The number of aliphatic hydroxyl groups excluding tert-OH is 1. The number of Topliss-reactive ketones (excluding diaryl/α,β-unsaturated/α-hetero) is 1. The molecule has 2 aliphatic heterocycles. The zero-order valence-electron chi connectivity index (χ0n) is 29.7. The Kier molecular flexibility index (Phi) is 12.1. The molecule has 2 aromatic heterocycles. The molecule has 0 bridgehead atoms. The highest BCUT2D eigenvalue weighted by Gasteiger charge is 2.61. The average Bonchev–Trinajstić information content (AvgIpc) is 3.36. The summed E-state index contributed by atoms with van der Waals surface area (Å²) >= 11 is 1.52. The molecule has 0 unspecified atom stereocenters. The van der Waals surface area contributed by atoms with Crippen molar-refractivity contribution in [1.82, 2.24) is 20.2 Å². The van der Waals surface area contributed by atoms with Crippen molar-refractivity contribution in [2.45, 2.75) is 103 Å². The van der Waals surface area contributed by atoms with E-state index in [1.807, 2.05) is 47.9 Å². The van der Waals surface area contributed by atoms with Gasteiger partial charge in [-0.15, -0.1) is 11.3 Å². The number of hydrogen-bond donors (Lipinski definition) is 3. The van der Waals surface area contributed by atoms with Crippen molar-refractivity contribution in [3.63, 3.8) is 0 Å². The number of H-pyrrole nitrogens is 1. The number of nitrogens with zero attached hydrogens (tertiary/aromatic N) is 2. The summed E-state index contributed by atoms with van der Waals surface area (Å²) in [5, 5.41) is 15.0. The number of alkyl carbamates (subject to hydrolysis) is 1. The first kappa shape index (κ1) is 37.9. The Bertz CT molecular complexity index is 1800. The van der Waals surface area contributed by atoms with Gasteiger partial charge in [0.05, 0.1) is 40.1 Å². The molecule has 6 rings (SSSR count). The van der Waals surface area contributed by atoms with E-state index in [-0.39, 0.29) is 49.2 Å². The molecule has 1 aromatic carbocycles. The minimum absolute atomic E-state index is 0.0114. The van der Waals surface area contributed by atoms with E-state index in [1.54, 1.807) is 27.7 Å². The third-order valence-electron chi connectivity index (χ3n) is 9.31. The lowest BCUT2D eigenvalue weighted by Gasteiger charge is -2.30. The molecular weight excluding hydrogens is 673 g/mol. The smallest absolute Gasteiger partial charge is 0.408 e. The van der Waals surface area contributed by atoms with Crippen molar-refractivity contribution in [3.05, 3.63) is 64.3 Å². The second kappa shape index (κ2) is 16.3. The number of hydrogen-bond acceptors (Lipinski definition) is 10. The van der Waals surface area contributed by atoms with Gasteiger partial charge >= 0.3 is 12.1 Å². The number of carbonyl (C=O) groups is 4. The van der Waals surface area contributed by atoms with Crippen LogP contribution < -0.4 is 10.9 Å². The number of para-hydroxylation sites is 2. The molecule has 3 aromatic rings. The fourth-order valence-electron chi connectivity index (χ4n) is 6.73. The van der Waals surface area contributed by atoms with Crippen LogP contribution in [0.2, 0.25) is 0 Å². The SMILES string of the molecule is CCOC(=O)[C@]12CC(=O)[C@@H]3C[C@H](O)CN3C(=O)[C@H](NC(=O)OC(C)(C)C)CCCCC/C=C\[C@@H]1C2.O=c1[nH]c2ccccc2nc1-c1cccs1. The third-order valence-corrected chi connectivity index (χ3v) is 10.2. The summed E-state index contributed by atoms with van der Waals surface area (Å²) in [5.74, 6) is -1.11. The molecule has 0 radical (unpaired) electrons. The van der Waals surface area contributed by atoms with Crippen LogP contribution in [-0.2, 0) is 23.9 Å². The summed E-state index contributed by atoms with van der Waals surface area (Å²) in [4.78, 5) is 73.6. The van der Waals surface area contributed by atoms with Gasteiger partial charge in [0, 0.05) is 19.4 Å². The number of nitrogens with one attached hydrogen (secondary N) is 2. The van der Waals surface area contributed by atoms with Crippen molar-refractivity contribution in [2.75, 3.05) is 13.2 Å². The number of aromatic amines is 1. The summed E-state index contributed by atoms with van der Waals surface area (Å²) in [6.45, 7) is 7.21. The van der Waals surface area contributed by atoms with Crippen LogP contribution in [0.25, 0.3) is 21.6 Å². The van der Waals surface area contributed by atoms with Gasteiger partial charge in [-0.05, 0) is 82.9 Å². The molecule has 0 spiro atoms. The van der Waals surface area contributed by atoms with Crippen molar-refractivity contribution in [3.8, 4) is 10.6 Å². The maximum absolute atomic E-state index is 13.6. The lowest BCUT2D eigenvalue weighted by molar-refractivity contribution is -0.152. The Hall–Kier alpha value is -4.36. The van der Waals surface area contributed by atoms with Crippen molar-refractivity contribution in [1.29, 1.82) is 0 Å². The van der Waals surface area contributed by atoms with Gasteiger partial charge in [-0.3, -0.25) is 19.2 Å². The molecule has 4 heterocycles. The second-order valence-electron chi connectivity index (χ2n) is 14.4. The number of benzene rings is 1. The lowest BCUT2D eigenvalue weighted by Crippen LogP contribution is -2.52. The van der Waals surface area contributed by atoms with Crippen LogP contribution in [0.5, 0.6) is 0 Å². The first-order valence-electron chi connectivity index (χ1n) is 17.7. The lowest BCUT2D eigenvalue weighted by atomic mass is 9.91. The number of aliphatic hydroxyl groups is 1. The van der Waals surface area contributed by atoms with E-state index in [4.69, 9.17) is 9.47 Å². The number of ether oxygens (including phenoxy) is 2. The molecule has 13 heteroatoms. The number of carbonyl (C=O) groups excluding carboxylic acids is 4. The van der Waals surface area contributed by atoms with Crippen LogP contribution in [0.3, 0.4) is 0 Å². The first-order chi connectivity index (χ1) is 24.3. The van der Waals surface area contributed by atoms with E-state index < -0.39 is 41.2 Å². The zero-order valence-corrected chi connectivity index (χ0v) is 30.5. The van der Waals surface area contributed by atoms with Crippen LogP contribution in [-0.4, -0.2) is 80.7 Å². The van der Waals surface area contributed by atoms with Crippen LogP contribution in [0, 0.1) is 11.3 Å². The fourth-order valence-corrected chi connectivity index (χ4v) is 7.44. The number of aromatic nitrogens is 2. The summed E-state index contributed by atoms with van der Waals surface area (Å²) in [6.07, 6.45) is 6.89. The van der Waals surface area contributed by atoms with E-state index in [1.165, 1.54) is 16.2 Å². The second-order valence-corrected chi connectivity index (χ2v) is 15.3. The number of esters is 1. The number of ketones is 1. The maximum Gasteiger partial charge on any atom is 0.408 e. The Labute approximate surface area is 301 Å². The predicted octanol–water partition coefficient (Wildman–Crippen LogP) is 5.54. The quantitative estimate of drug-likeness (QED) is 0.232. The van der Waals surface area contributed by atoms with E-state index in [9.17, 15) is 29.1 Å². The Morgan fingerprint density at radius 3 is 2.63 bits per heavy atom. The maximum atomic E-state index is 13.6. The van der Waals surface area contributed by atoms with Gasteiger partial charge in [-0.25, -0.2) is 9.78 Å². The average molecular weight is 721 g/mol. The molecule has 3 aliphatic rings. The highest BCUT2D eigenvalue weighted by Crippen LogP contribution is 2.57. The molecule has 274 valence electrons. The molecule has 1 saturated carbocycles. The van der Waals surface area contributed by atoms with Crippen molar-refractivity contribution >= 4 is 46.1 Å². The molecule has 51 heavy (non-hydrogen) atoms. The van der Waals surface area contributed by atoms with Gasteiger partial charge in [0.2, 0.25) is 5.91 Å². The summed E-state index contributed by atoms with van der Waals surface area (Å²) < 4.78 is 10.7. The van der Waals surface area contributed by atoms with E-state index in [0.29, 0.717) is 25.0 Å². The number of amides is 2. The minimum atomic E-state index is -0.903. The van der Waals surface area contributed by atoms with Crippen LogP contribution in [0.4, 0.5) is 4.79 Å². The molecule has 3 N–H and O–H groups in total. The molecule has 2 fully saturated rings. The van der Waals surface area contributed by atoms with Gasteiger partial charge in [-0.1, -0.05) is 43.2 Å². The summed E-state index contributed by atoms with van der Waals surface area (Å²) in [6, 6.07) is 9.63. The van der Waals surface area contributed by atoms with Gasteiger partial charge in [-0.2, -0.15) is 0 Å². The van der Waals surface area contributed by atoms with Crippen molar-refractivity contribution < 1.29 is 33.8 Å². The zero-order chi connectivity index (χ0) is 36.8. The molecule has 1 saturated heterocycles. The topological polar surface area (TPSA) is 168 Å². The van der Waals surface area contributed by atoms with Crippen LogP contribution in [0.15, 0.2) is 58.7 Å². The third kappa shape index (κ3) is 9.50. The van der Waals surface area contributed by atoms with Gasteiger partial charge in [0.1, 0.15) is 17.3 Å². The molecule has 12 nitrogen and oxygen atoms in total. The number of allylic oxidation sites excluding steroid dienone is 2. The molecular formula is C38H48N4O8S. The van der Waals surface area contributed by atoms with Crippen LogP contribution in [0.1, 0.15) is 79.1 Å². The number of thiophene rings is 1. The Morgan fingerprint density at radius 2 is 1.90 bits per heavy atom. The van der Waals surface area contributed by atoms with Gasteiger partial charge < -0.3 is 29.8 Å². The molecule has 1 aliphatic carbocycles. The fraction of sp³-hybridized carbons (Fsp3) is 0.526. The normalized spacial score (nSPS) is 26.0. The number of fused-ring (bicyclic) bond motifs is 3.